The zero-order chi connectivity index (χ0) is 11.5. The quantitative estimate of drug-likeness (QED) is 0.480. The Morgan fingerprint density at radius 3 is 3.06 bits per heavy atom. The molecule has 2 rings (SSSR count). The van der Waals surface area contributed by atoms with Gasteiger partial charge in [0, 0.05) is 17.9 Å². The third-order valence-corrected chi connectivity index (χ3v) is 3.98. The first-order valence-electron chi connectivity index (χ1n) is 4.44. The van der Waals surface area contributed by atoms with Crippen LogP contribution in [0.3, 0.4) is 0 Å². The van der Waals surface area contributed by atoms with E-state index in [0.29, 0.717) is 5.75 Å². The van der Waals surface area contributed by atoms with Crippen molar-refractivity contribution in [3.63, 3.8) is 0 Å². The number of benzene rings is 1. The Morgan fingerprint density at radius 1 is 1.56 bits per heavy atom. The van der Waals surface area contributed by atoms with E-state index in [1.807, 2.05) is 0 Å². The lowest BCUT2D eigenvalue weighted by Gasteiger charge is -1.88. The van der Waals surface area contributed by atoms with Crippen molar-refractivity contribution in [2.75, 3.05) is 12.4 Å². The van der Waals surface area contributed by atoms with Crippen molar-refractivity contribution < 1.29 is 9.31 Å². The maximum absolute atomic E-state index is 12.0. The number of nitro groups is 1. The van der Waals surface area contributed by atoms with E-state index in [-0.39, 0.29) is 5.69 Å². The Kier molecular flexibility index (Phi) is 3.35. The predicted octanol–water partition coefficient (Wildman–Crippen LogP) is 3.27. The molecule has 0 N–H and O–H groups in total. The van der Waals surface area contributed by atoms with Crippen molar-refractivity contribution in [3.05, 3.63) is 28.3 Å². The fraction of sp³-hybridized carbons (Fsp3) is 0.222. The van der Waals surface area contributed by atoms with Gasteiger partial charge in [0.05, 0.1) is 21.8 Å². The molecule has 0 saturated carbocycles. The van der Waals surface area contributed by atoms with Crippen LogP contribution in [-0.2, 0) is 0 Å². The van der Waals surface area contributed by atoms with Gasteiger partial charge >= 0.3 is 0 Å². The minimum Gasteiger partial charge on any atom is -0.258 e. The molecule has 0 unspecified atom stereocenters. The van der Waals surface area contributed by atoms with Crippen LogP contribution in [-0.4, -0.2) is 22.3 Å². The molecule has 0 atom stereocenters. The SMILES string of the molecule is O=[N+]([O-])c1ccc2nc(SCCF)sc2c1. The molecular formula is C9H7FN2O2S2. The third-order valence-electron chi connectivity index (χ3n) is 1.87. The maximum Gasteiger partial charge on any atom is 0.270 e. The summed E-state index contributed by atoms with van der Waals surface area (Å²) in [7, 11) is 0. The molecule has 84 valence electrons. The molecule has 0 spiro atoms. The standard InChI is InChI=1S/C9H7FN2O2S2/c10-3-4-15-9-11-7-2-1-6(12(13)14)5-8(7)16-9/h1-2,5H,3-4H2. The molecule has 1 aromatic carbocycles. The zero-order valence-corrected chi connectivity index (χ0v) is 9.68. The average Bonchev–Trinajstić information content (AvgIpc) is 2.67. The zero-order valence-electron chi connectivity index (χ0n) is 8.05. The normalized spacial score (nSPS) is 10.8. The van der Waals surface area contributed by atoms with E-state index >= 15 is 0 Å². The topological polar surface area (TPSA) is 56.0 Å². The van der Waals surface area contributed by atoms with Crippen LogP contribution in [0.2, 0.25) is 0 Å². The first kappa shape index (κ1) is 11.3. The molecule has 4 nitrogen and oxygen atoms in total. The first-order valence-corrected chi connectivity index (χ1v) is 6.24. The van der Waals surface area contributed by atoms with Gasteiger partial charge < -0.3 is 0 Å². The number of hydrogen-bond donors (Lipinski definition) is 0. The number of fused-ring (bicyclic) bond motifs is 1. The van der Waals surface area contributed by atoms with Crippen molar-refractivity contribution in [1.29, 1.82) is 0 Å². The smallest absolute Gasteiger partial charge is 0.258 e. The molecule has 2 aromatic rings. The van der Waals surface area contributed by atoms with Crippen LogP contribution in [0.15, 0.2) is 22.5 Å². The number of aromatic nitrogens is 1. The molecule has 1 aromatic heterocycles. The molecule has 0 radical (unpaired) electrons. The molecule has 7 heteroatoms. The number of alkyl halides is 1. The van der Waals surface area contributed by atoms with Crippen LogP contribution in [0.4, 0.5) is 10.1 Å². The summed E-state index contributed by atoms with van der Waals surface area (Å²) >= 11 is 2.67. The van der Waals surface area contributed by atoms with Crippen LogP contribution >= 0.6 is 23.1 Å². The average molecular weight is 258 g/mol. The van der Waals surface area contributed by atoms with Gasteiger partial charge in [-0.25, -0.2) is 4.98 Å². The lowest BCUT2D eigenvalue weighted by molar-refractivity contribution is -0.384. The first-order chi connectivity index (χ1) is 7.70. The molecule has 0 fully saturated rings. The lowest BCUT2D eigenvalue weighted by atomic mass is 10.3. The van der Waals surface area contributed by atoms with E-state index in [2.05, 4.69) is 4.98 Å². The van der Waals surface area contributed by atoms with E-state index < -0.39 is 11.6 Å². The molecule has 0 aliphatic heterocycles. The summed E-state index contributed by atoms with van der Waals surface area (Å²) < 4.78 is 13.5. The van der Waals surface area contributed by atoms with Crippen LogP contribution in [0.25, 0.3) is 10.2 Å². The highest BCUT2D eigenvalue weighted by Gasteiger charge is 2.10. The summed E-state index contributed by atoms with van der Waals surface area (Å²) in [6.07, 6.45) is 0. The van der Waals surface area contributed by atoms with Gasteiger partial charge in [-0.2, -0.15) is 0 Å². The summed E-state index contributed by atoms with van der Waals surface area (Å²) in [5.74, 6) is 0.363. The Hall–Kier alpha value is -1.21. The molecular weight excluding hydrogens is 251 g/mol. The van der Waals surface area contributed by atoms with E-state index in [4.69, 9.17) is 0 Å². The van der Waals surface area contributed by atoms with Gasteiger partial charge in [-0.3, -0.25) is 14.5 Å². The lowest BCUT2D eigenvalue weighted by Crippen LogP contribution is -1.85. The molecule has 16 heavy (non-hydrogen) atoms. The Balaban J connectivity index is 2.34. The predicted molar refractivity (Wildman–Crippen MR) is 63.0 cm³/mol. The van der Waals surface area contributed by atoms with Gasteiger partial charge in [0.25, 0.3) is 5.69 Å². The highest BCUT2D eigenvalue weighted by molar-refractivity contribution is 8.01. The number of rotatable bonds is 4. The van der Waals surface area contributed by atoms with Crippen LogP contribution in [0.1, 0.15) is 0 Å². The Morgan fingerprint density at radius 2 is 2.38 bits per heavy atom. The minimum atomic E-state index is -0.437. The summed E-state index contributed by atoms with van der Waals surface area (Å²) in [5.41, 5.74) is 0.773. The highest BCUT2D eigenvalue weighted by atomic mass is 32.2. The summed E-state index contributed by atoms with van der Waals surface area (Å²) in [4.78, 5) is 14.4. The number of halogens is 1. The molecule has 1 heterocycles. The molecule has 0 aliphatic carbocycles. The Bertz CT molecular complexity index is 529. The number of nitrogens with zero attached hydrogens (tertiary/aromatic N) is 2. The number of thioether (sulfide) groups is 1. The minimum absolute atomic E-state index is 0.0539. The number of hydrogen-bond acceptors (Lipinski definition) is 5. The summed E-state index contributed by atoms with van der Waals surface area (Å²) in [6, 6.07) is 4.53. The van der Waals surface area contributed by atoms with E-state index in [1.54, 1.807) is 6.07 Å². The van der Waals surface area contributed by atoms with Gasteiger partial charge in [0.15, 0.2) is 4.34 Å². The number of nitro benzene ring substituents is 1. The van der Waals surface area contributed by atoms with E-state index in [1.165, 1.54) is 35.2 Å². The van der Waals surface area contributed by atoms with Crippen molar-refractivity contribution >= 4 is 39.0 Å². The maximum atomic E-state index is 12.0. The van der Waals surface area contributed by atoms with Gasteiger partial charge in [-0.15, -0.1) is 11.3 Å². The largest absolute Gasteiger partial charge is 0.270 e. The molecule has 0 amide bonds. The molecule has 0 bridgehead atoms. The highest BCUT2D eigenvalue weighted by Crippen LogP contribution is 2.31. The Labute approximate surface area is 98.6 Å². The van der Waals surface area contributed by atoms with E-state index in [0.717, 1.165) is 14.6 Å². The van der Waals surface area contributed by atoms with Gasteiger partial charge in [-0.05, 0) is 6.07 Å². The monoisotopic (exact) mass is 258 g/mol. The second kappa shape index (κ2) is 4.75. The molecule has 0 saturated heterocycles. The van der Waals surface area contributed by atoms with Crippen LogP contribution in [0, 0.1) is 10.1 Å². The van der Waals surface area contributed by atoms with Crippen molar-refractivity contribution in [1.82, 2.24) is 4.98 Å². The number of thiazole rings is 1. The van der Waals surface area contributed by atoms with Crippen LogP contribution < -0.4 is 0 Å². The summed E-state index contributed by atoms with van der Waals surface area (Å²) in [5, 5.41) is 10.6. The fourth-order valence-electron chi connectivity index (χ4n) is 1.19. The fourth-order valence-corrected chi connectivity index (χ4v) is 3.09. The second-order valence-corrected chi connectivity index (χ2v) is 5.30. The van der Waals surface area contributed by atoms with Crippen LogP contribution in [0.5, 0.6) is 0 Å². The van der Waals surface area contributed by atoms with E-state index in [9.17, 15) is 14.5 Å². The number of non-ortho nitro benzene ring substituents is 1. The summed E-state index contributed by atoms with van der Waals surface area (Å²) in [6.45, 7) is -0.402. The van der Waals surface area contributed by atoms with Gasteiger partial charge in [0.2, 0.25) is 0 Å². The van der Waals surface area contributed by atoms with Crippen molar-refractivity contribution in [2.45, 2.75) is 4.34 Å². The second-order valence-electron chi connectivity index (χ2n) is 2.93. The van der Waals surface area contributed by atoms with Crippen molar-refractivity contribution in [2.24, 2.45) is 0 Å². The van der Waals surface area contributed by atoms with Crippen molar-refractivity contribution in [3.8, 4) is 0 Å². The van der Waals surface area contributed by atoms with Gasteiger partial charge in [-0.1, -0.05) is 11.8 Å². The molecule has 0 aliphatic rings. The van der Waals surface area contributed by atoms with Gasteiger partial charge in [0.1, 0.15) is 0 Å². The third kappa shape index (κ3) is 2.30.